The second kappa shape index (κ2) is 3.96. The maximum atomic E-state index is 12.2. The van der Waals surface area contributed by atoms with E-state index in [0.29, 0.717) is 0 Å². The van der Waals surface area contributed by atoms with Crippen molar-refractivity contribution < 1.29 is 10.0 Å². The van der Waals surface area contributed by atoms with Crippen LogP contribution in [-0.4, -0.2) is 34.9 Å². The van der Waals surface area contributed by atoms with Gasteiger partial charge in [-0.15, -0.1) is 0 Å². The first kappa shape index (κ1) is 12.8. The second-order valence-corrected chi connectivity index (χ2v) is 5.75. The molecule has 0 spiro atoms. The van der Waals surface area contributed by atoms with Crippen LogP contribution in [0.1, 0.15) is 34.1 Å². The molecular formula is C11H21N3O2. The van der Waals surface area contributed by atoms with Crippen molar-refractivity contribution in [3.05, 3.63) is 0 Å². The summed E-state index contributed by atoms with van der Waals surface area (Å²) in [6.07, 6.45) is 0.991. The van der Waals surface area contributed by atoms with Gasteiger partial charge in [0.05, 0.1) is 0 Å². The summed E-state index contributed by atoms with van der Waals surface area (Å²) < 4.78 is 0. The van der Waals surface area contributed by atoms with Crippen LogP contribution in [-0.2, 0) is 4.79 Å². The van der Waals surface area contributed by atoms with E-state index in [4.69, 9.17) is 10.9 Å². The molecule has 1 aliphatic rings. The van der Waals surface area contributed by atoms with Crippen LogP contribution in [0.5, 0.6) is 0 Å². The second-order valence-electron chi connectivity index (χ2n) is 5.75. The summed E-state index contributed by atoms with van der Waals surface area (Å²) in [6, 6.07) is 0. The van der Waals surface area contributed by atoms with E-state index in [-0.39, 0.29) is 17.2 Å². The van der Waals surface area contributed by atoms with Crippen LogP contribution < -0.4 is 5.73 Å². The fourth-order valence-electron chi connectivity index (χ4n) is 1.92. The average Bonchev–Trinajstić information content (AvgIpc) is 2.56. The molecule has 0 radical (unpaired) electrons. The first-order valence-electron chi connectivity index (χ1n) is 5.48. The number of amides is 1. The molecule has 1 heterocycles. The van der Waals surface area contributed by atoms with E-state index in [9.17, 15) is 4.79 Å². The minimum Gasteiger partial charge on any atom is -0.409 e. The van der Waals surface area contributed by atoms with Gasteiger partial charge in [-0.05, 0) is 25.7 Å². The van der Waals surface area contributed by atoms with Gasteiger partial charge in [0.1, 0.15) is 5.41 Å². The van der Waals surface area contributed by atoms with Gasteiger partial charge in [-0.3, -0.25) is 4.79 Å². The lowest BCUT2D eigenvalue weighted by molar-refractivity contribution is -0.136. The van der Waals surface area contributed by atoms with E-state index in [1.165, 1.54) is 0 Å². The van der Waals surface area contributed by atoms with E-state index in [1.54, 1.807) is 18.7 Å². The van der Waals surface area contributed by atoms with Crippen molar-refractivity contribution >= 4 is 11.7 Å². The molecule has 0 atom stereocenters. The number of nitrogens with two attached hydrogens (primary N) is 1. The Morgan fingerprint density at radius 1 is 1.50 bits per heavy atom. The highest BCUT2D eigenvalue weighted by molar-refractivity contribution is 6.05. The van der Waals surface area contributed by atoms with Crippen LogP contribution in [0.3, 0.4) is 0 Å². The molecule has 0 bridgehead atoms. The number of carbonyl (C=O) groups is 1. The van der Waals surface area contributed by atoms with E-state index in [2.05, 4.69) is 19.0 Å². The van der Waals surface area contributed by atoms with E-state index in [0.717, 1.165) is 19.5 Å². The first-order valence-corrected chi connectivity index (χ1v) is 5.48. The van der Waals surface area contributed by atoms with E-state index >= 15 is 0 Å². The summed E-state index contributed by atoms with van der Waals surface area (Å²) in [4.78, 5) is 14.0. The summed E-state index contributed by atoms with van der Waals surface area (Å²) in [5.41, 5.74) is 4.77. The lowest BCUT2D eigenvalue weighted by atomic mass is 9.89. The number of amidine groups is 1. The summed E-state index contributed by atoms with van der Waals surface area (Å²) in [5.74, 6) is -0.115. The highest BCUT2D eigenvalue weighted by atomic mass is 16.4. The Labute approximate surface area is 96.3 Å². The van der Waals surface area contributed by atoms with Crippen molar-refractivity contribution in [2.75, 3.05) is 13.1 Å². The van der Waals surface area contributed by atoms with Crippen LogP contribution in [0.2, 0.25) is 0 Å². The molecule has 0 aliphatic carbocycles. The van der Waals surface area contributed by atoms with Crippen molar-refractivity contribution in [2.24, 2.45) is 21.7 Å². The van der Waals surface area contributed by atoms with Crippen LogP contribution in [0, 0.1) is 10.8 Å². The molecule has 16 heavy (non-hydrogen) atoms. The molecule has 1 rings (SSSR count). The van der Waals surface area contributed by atoms with Crippen molar-refractivity contribution in [3.63, 3.8) is 0 Å². The number of hydrogen-bond donors (Lipinski definition) is 2. The quantitative estimate of drug-likeness (QED) is 0.320. The van der Waals surface area contributed by atoms with Gasteiger partial charge < -0.3 is 15.8 Å². The van der Waals surface area contributed by atoms with Gasteiger partial charge in [0, 0.05) is 13.1 Å². The molecule has 1 fully saturated rings. The van der Waals surface area contributed by atoms with Gasteiger partial charge in [0.25, 0.3) is 0 Å². The van der Waals surface area contributed by atoms with Crippen molar-refractivity contribution in [1.29, 1.82) is 0 Å². The van der Waals surface area contributed by atoms with Crippen LogP contribution in [0.4, 0.5) is 0 Å². The van der Waals surface area contributed by atoms with E-state index in [1.807, 2.05) is 0 Å². The van der Waals surface area contributed by atoms with Gasteiger partial charge in [-0.25, -0.2) is 0 Å². The summed E-state index contributed by atoms with van der Waals surface area (Å²) in [7, 11) is 0. The lowest BCUT2D eigenvalue weighted by Gasteiger charge is -2.28. The highest BCUT2D eigenvalue weighted by Crippen LogP contribution is 2.32. The summed E-state index contributed by atoms with van der Waals surface area (Å²) in [6.45, 7) is 9.10. The largest absolute Gasteiger partial charge is 0.409 e. The normalized spacial score (nSPS) is 21.2. The maximum absolute atomic E-state index is 12.2. The molecule has 3 N–H and O–H groups in total. The lowest BCUT2D eigenvalue weighted by Crippen LogP contribution is -2.47. The molecule has 1 saturated heterocycles. The zero-order valence-corrected chi connectivity index (χ0v) is 10.4. The van der Waals surface area contributed by atoms with Gasteiger partial charge in [-0.1, -0.05) is 19.0 Å². The Kier molecular flexibility index (Phi) is 3.17. The number of hydrogen-bond acceptors (Lipinski definition) is 3. The topological polar surface area (TPSA) is 78.9 Å². The maximum Gasteiger partial charge on any atom is 0.235 e. The number of rotatable bonds is 2. The van der Waals surface area contributed by atoms with Crippen LogP contribution in [0.15, 0.2) is 5.16 Å². The van der Waals surface area contributed by atoms with Crippen LogP contribution in [0.25, 0.3) is 0 Å². The SMILES string of the molecule is CC1(C)CCN(C(=O)C(C)(C)C(N)=NO)C1. The predicted molar refractivity (Wildman–Crippen MR) is 62.2 cm³/mol. The zero-order valence-electron chi connectivity index (χ0n) is 10.4. The van der Waals surface area contributed by atoms with Crippen molar-refractivity contribution in [1.82, 2.24) is 4.90 Å². The van der Waals surface area contributed by atoms with Gasteiger partial charge in [0.2, 0.25) is 5.91 Å². The summed E-state index contributed by atoms with van der Waals surface area (Å²) in [5, 5.41) is 11.6. The minimum absolute atomic E-state index is 0.0396. The molecule has 5 heteroatoms. The zero-order chi connectivity index (χ0) is 12.6. The molecule has 0 aromatic rings. The molecule has 0 aromatic carbocycles. The standard InChI is InChI=1S/C11H21N3O2/c1-10(2)5-6-14(7-10)9(15)11(3,4)8(12)13-16/h16H,5-7H2,1-4H3,(H2,12,13). The van der Waals surface area contributed by atoms with Crippen LogP contribution >= 0.6 is 0 Å². The Bertz CT molecular complexity index is 321. The molecule has 92 valence electrons. The Hall–Kier alpha value is -1.26. The molecule has 0 unspecified atom stereocenters. The first-order chi connectivity index (χ1) is 7.20. The third-order valence-electron chi connectivity index (χ3n) is 3.25. The van der Waals surface area contributed by atoms with Gasteiger partial charge in [-0.2, -0.15) is 0 Å². The van der Waals surface area contributed by atoms with Crippen molar-refractivity contribution in [3.8, 4) is 0 Å². The third-order valence-corrected chi connectivity index (χ3v) is 3.25. The smallest absolute Gasteiger partial charge is 0.235 e. The highest BCUT2D eigenvalue weighted by Gasteiger charge is 2.41. The molecule has 1 amide bonds. The van der Waals surface area contributed by atoms with Gasteiger partial charge >= 0.3 is 0 Å². The number of nitrogens with zero attached hydrogens (tertiary/aromatic N) is 2. The summed E-state index contributed by atoms with van der Waals surface area (Å²) >= 11 is 0. The Balaban J connectivity index is 2.80. The average molecular weight is 227 g/mol. The number of likely N-dealkylation sites (tertiary alicyclic amines) is 1. The Morgan fingerprint density at radius 3 is 2.44 bits per heavy atom. The fourth-order valence-corrected chi connectivity index (χ4v) is 1.92. The molecule has 1 aliphatic heterocycles. The molecule has 5 nitrogen and oxygen atoms in total. The Morgan fingerprint density at radius 2 is 2.06 bits per heavy atom. The monoisotopic (exact) mass is 227 g/mol. The number of carbonyl (C=O) groups excluding carboxylic acids is 1. The third kappa shape index (κ3) is 2.28. The van der Waals surface area contributed by atoms with Crippen molar-refractivity contribution in [2.45, 2.75) is 34.1 Å². The number of oxime groups is 1. The minimum atomic E-state index is -0.935. The molecule has 0 aromatic heterocycles. The van der Waals surface area contributed by atoms with Gasteiger partial charge in [0.15, 0.2) is 5.84 Å². The fraction of sp³-hybridized carbons (Fsp3) is 0.818. The molecular weight excluding hydrogens is 206 g/mol. The predicted octanol–water partition coefficient (Wildman–Crippen LogP) is 1.02. The molecule has 0 saturated carbocycles. The van der Waals surface area contributed by atoms with E-state index < -0.39 is 5.41 Å².